The number of terminal acetylenes is 1. The Bertz CT molecular complexity index is 352. The van der Waals surface area contributed by atoms with Crippen molar-refractivity contribution < 1.29 is 9.53 Å². The van der Waals surface area contributed by atoms with Crippen LogP contribution in [0, 0.1) is 12.3 Å². The number of hydrogen-bond donors (Lipinski definition) is 0. The molecule has 0 spiro atoms. The summed E-state index contributed by atoms with van der Waals surface area (Å²) in [4.78, 5) is 12.2. The summed E-state index contributed by atoms with van der Waals surface area (Å²) in [6.45, 7) is 2.33. The summed E-state index contributed by atoms with van der Waals surface area (Å²) in [6, 6.07) is 0. The van der Waals surface area contributed by atoms with Crippen LogP contribution in [-0.2, 0) is 22.5 Å². The van der Waals surface area contributed by atoms with Crippen molar-refractivity contribution >= 4 is 5.97 Å². The topological polar surface area (TPSA) is 69.9 Å². The average molecular weight is 194 g/mol. The van der Waals surface area contributed by atoms with Crippen LogP contribution in [0.1, 0.15) is 12.7 Å². The Kier molecular flexibility index (Phi) is 3.61. The van der Waals surface area contributed by atoms with Gasteiger partial charge in [-0.15, -0.1) is 16.6 Å². The Labute approximate surface area is 81.2 Å². The lowest BCUT2D eigenvalue weighted by atomic mass is 10.4. The van der Waals surface area contributed by atoms with E-state index in [2.05, 4.69) is 21.3 Å². The molecular weight excluding hydrogens is 184 g/mol. The fraction of sp³-hybridized carbons (Fsp3) is 0.500. The third-order valence-electron chi connectivity index (χ3n) is 1.33. The van der Waals surface area contributed by atoms with Gasteiger partial charge in [-0.25, -0.2) is 0 Å². The van der Waals surface area contributed by atoms with Gasteiger partial charge in [0.2, 0.25) is 0 Å². The molecule has 0 aliphatic heterocycles. The molecule has 0 saturated heterocycles. The van der Waals surface area contributed by atoms with Crippen LogP contribution < -0.4 is 0 Å². The van der Waals surface area contributed by atoms with Crippen molar-refractivity contribution in [3.05, 3.63) is 5.82 Å². The molecule has 0 unspecified atom stereocenters. The van der Waals surface area contributed by atoms with Crippen LogP contribution in [0.2, 0.25) is 0 Å². The second-order valence-electron chi connectivity index (χ2n) is 2.42. The standard InChI is InChI=1S/C8H10N4O2/c1-3-5-12-10-7(9-11-12)6-8(13)14-4-2/h1H,4-6H2,2H3. The summed E-state index contributed by atoms with van der Waals surface area (Å²) >= 11 is 0. The molecule has 0 radical (unpaired) electrons. The largest absolute Gasteiger partial charge is 0.466 e. The number of hydrogen-bond acceptors (Lipinski definition) is 5. The first-order valence-electron chi connectivity index (χ1n) is 4.12. The third-order valence-corrected chi connectivity index (χ3v) is 1.33. The van der Waals surface area contributed by atoms with Crippen molar-refractivity contribution in [3.63, 3.8) is 0 Å². The molecule has 6 heteroatoms. The highest BCUT2D eigenvalue weighted by Gasteiger charge is 2.08. The van der Waals surface area contributed by atoms with E-state index in [-0.39, 0.29) is 18.9 Å². The van der Waals surface area contributed by atoms with E-state index >= 15 is 0 Å². The van der Waals surface area contributed by atoms with Crippen LogP contribution >= 0.6 is 0 Å². The summed E-state index contributed by atoms with van der Waals surface area (Å²) in [5.74, 6) is 2.31. The minimum Gasteiger partial charge on any atom is -0.466 e. The van der Waals surface area contributed by atoms with Crippen LogP contribution in [0.5, 0.6) is 0 Å². The van der Waals surface area contributed by atoms with E-state index in [0.717, 1.165) is 0 Å². The Morgan fingerprint density at radius 3 is 3.14 bits per heavy atom. The Morgan fingerprint density at radius 2 is 2.50 bits per heavy atom. The van der Waals surface area contributed by atoms with Crippen molar-refractivity contribution in [1.82, 2.24) is 20.2 Å². The predicted octanol–water partition coefficient (Wildman–Crippen LogP) is -0.588. The molecule has 0 amide bonds. The van der Waals surface area contributed by atoms with Crippen molar-refractivity contribution in [3.8, 4) is 12.3 Å². The zero-order valence-corrected chi connectivity index (χ0v) is 7.80. The molecule has 1 heterocycles. The number of tetrazole rings is 1. The van der Waals surface area contributed by atoms with Gasteiger partial charge in [0.15, 0.2) is 5.82 Å². The fourth-order valence-corrected chi connectivity index (χ4v) is 0.837. The van der Waals surface area contributed by atoms with E-state index in [9.17, 15) is 4.79 Å². The number of aromatic nitrogens is 4. The fourth-order valence-electron chi connectivity index (χ4n) is 0.837. The molecular formula is C8H10N4O2. The number of esters is 1. The first-order valence-corrected chi connectivity index (χ1v) is 4.12. The molecule has 1 aromatic heterocycles. The van der Waals surface area contributed by atoms with E-state index in [4.69, 9.17) is 11.2 Å². The Morgan fingerprint density at radius 1 is 1.71 bits per heavy atom. The number of ether oxygens (including phenoxy) is 1. The highest BCUT2D eigenvalue weighted by Crippen LogP contribution is 1.91. The second kappa shape index (κ2) is 4.97. The van der Waals surface area contributed by atoms with Gasteiger partial charge in [0.05, 0.1) is 6.61 Å². The number of carbonyl (C=O) groups is 1. The second-order valence-corrected chi connectivity index (χ2v) is 2.42. The van der Waals surface area contributed by atoms with Gasteiger partial charge in [0.25, 0.3) is 0 Å². The normalized spacial score (nSPS) is 9.43. The Balaban J connectivity index is 2.51. The molecule has 0 N–H and O–H groups in total. The van der Waals surface area contributed by atoms with E-state index in [1.165, 1.54) is 4.80 Å². The molecule has 74 valence electrons. The van der Waals surface area contributed by atoms with Gasteiger partial charge in [0.1, 0.15) is 13.0 Å². The monoisotopic (exact) mass is 194 g/mol. The summed E-state index contributed by atoms with van der Waals surface area (Å²) in [5.41, 5.74) is 0. The Hall–Kier alpha value is -1.90. The van der Waals surface area contributed by atoms with Crippen LogP contribution in [0.15, 0.2) is 0 Å². The number of rotatable bonds is 4. The predicted molar refractivity (Wildman–Crippen MR) is 47.0 cm³/mol. The molecule has 0 atom stereocenters. The molecule has 0 saturated carbocycles. The average Bonchev–Trinajstić information content (AvgIpc) is 2.53. The summed E-state index contributed by atoms with van der Waals surface area (Å²) < 4.78 is 4.72. The van der Waals surface area contributed by atoms with Gasteiger partial charge in [0, 0.05) is 0 Å². The summed E-state index contributed by atoms with van der Waals surface area (Å²) in [5, 5.41) is 11.2. The zero-order chi connectivity index (χ0) is 10.4. The molecule has 0 aliphatic carbocycles. The van der Waals surface area contributed by atoms with Crippen LogP contribution in [0.25, 0.3) is 0 Å². The van der Waals surface area contributed by atoms with Crippen molar-refractivity contribution in [2.24, 2.45) is 0 Å². The van der Waals surface area contributed by atoms with Crippen molar-refractivity contribution in [1.29, 1.82) is 0 Å². The van der Waals surface area contributed by atoms with E-state index < -0.39 is 0 Å². The van der Waals surface area contributed by atoms with E-state index in [1.54, 1.807) is 6.92 Å². The molecule has 0 fully saturated rings. The van der Waals surface area contributed by atoms with Gasteiger partial charge in [-0.2, -0.15) is 4.80 Å². The lowest BCUT2D eigenvalue weighted by Crippen LogP contribution is -2.09. The van der Waals surface area contributed by atoms with Crippen molar-refractivity contribution in [2.45, 2.75) is 19.9 Å². The van der Waals surface area contributed by atoms with Gasteiger partial charge < -0.3 is 4.74 Å². The number of carbonyl (C=O) groups excluding carboxylic acids is 1. The smallest absolute Gasteiger partial charge is 0.313 e. The molecule has 1 rings (SSSR count). The van der Waals surface area contributed by atoms with Gasteiger partial charge in [-0.05, 0) is 12.1 Å². The highest BCUT2D eigenvalue weighted by molar-refractivity contribution is 5.71. The summed E-state index contributed by atoms with van der Waals surface area (Å²) in [7, 11) is 0. The minimum absolute atomic E-state index is 0.0262. The lowest BCUT2D eigenvalue weighted by Gasteiger charge is -1.96. The van der Waals surface area contributed by atoms with Gasteiger partial charge in [-0.3, -0.25) is 4.79 Å². The van der Waals surface area contributed by atoms with Crippen LogP contribution in [-0.4, -0.2) is 32.8 Å². The third kappa shape index (κ3) is 2.86. The molecule has 0 bridgehead atoms. The highest BCUT2D eigenvalue weighted by atomic mass is 16.5. The van der Waals surface area contributed by atoms with Crippen LogP contribution in [0.4, 0.5) is 0 Å². The molecule has 0 aliphatic rings. The molecule has 0 aromatic carbocycles. The molecule has 14 heavy (non-hydrogen) atoms. The maximum absolute atomic E-state index is 11.0. The van der Waals surface area contributed by atoms with Crippen molar-refractivity contribution in [2.75, 3.05) is 6.61 Å². The minimum atomic E-state index is -0.368. The molecule has 1 aromatic rings. The quantitative estimate of drug-likeness (QED) is 0.473. The van der Waals surface area contributed by atoms with Gasteiger partial charge >= 0.3 is 5.97 Å². The van der Waals surface area contributed by atoms with E-state index in [0.29, 0.717) is 12.4 Å². The first-order chi connectivity index (χ1) is 6.76. The zero-order valence-electron chi connectivity index (χ0n) is 7.80. The maximum atomic E-state index is 11.0. The van der Waals surface area contributed by atoms with Gasteiger partial charge in [-0.1, -0.05) is 5.92 Å². The lowest BCUT2D eigenvalue weighted by molar-refractivity contribution is -0.142. The SMILES string of the molecule is C#CCn1nnc(CC(=O)OCC)n1. The van der Waals surface area contributed by atoms with E-state index in [1.807, 2.05) is 0 Å². The summed E-state index contributed by atoms with van der Waals surface area (Å²) in [6.07, 6.45) is 5.07. The first kappa shape index (κ1) is 10.2. The number of nitrogens with zero attached hydrogens (tertiary/aromatic N) is 4. The van der Waals surface area contributed by atoms with Crippen LogP contribution in [0.3, 0.4) is 0 Å². The maximum Gasteiger partial charge on any atom is 0.313 e. The molecule has 6 nitrogen and oxygen atoms in total.